The van der Waals surface area contributed by atoms with E-state index in [1.807, 2.05) is 0 Å². The molecule has 2 heteroatoms. The largest absolute Gasteiger partial charge is 0.396 e. The fourth-order valence-corrected chi connectivity index (χ4v) is 2.82. The summed E-state index contributed by atoms with van der Waals surface area (Å²) >= 11 is 0. The lowest BCUT2D eigenvalue weighted by atomic mass is 9.54. The Kier molecular flexibility index (Phi) is 1.92. The van der Waals surface area contributed by atoms with Crippen LogP contribution in [0.5, 0.6) is 0 Å². The van der Waals surface area contributed by atoms with Crippen molar-refractivity contribution in [1.29, 1.82) is 0 Å². The summed E-state index contributed by atoms with van der Waals surface area (Å²) in [5.41, 5.74) is 0.494. The summed E-state index contributed by atoms with van der Waals surface area (Å²) < 4.78 is 0. The second-order valence-electron chi connectivity index (χ2n) is 4.82. The molecule has 0 radical (unpaired) electrons. The highest BCUT2D eigenvalue weighted by atomic mass is 16.3. The normalized spacial score (nSPS) is 46.5. The number of hydrogen-bond acceptors (Lipinski definition) is 2. The molecule has 2 bridgehead atoms. The van der Waals surface area contributed by atoms with Crippen molar-refractivity contribution in [3.63, 3.8) is 0 Å². The van der Waals surface area contributed by atoms with Crippen molar-refractivity contribution in [1.82, 2.24) is 0 Å². The van der Waals surface area contributed by atoms with E-state index in [9.17, 15) is 10.2 Å². The molecule has 0 aromatic rings. The third-order valence-corrected chi connectivity index (χ3v) is 4.23. The third-order valence-electron chi connectivity index (χ3n) is 4.23. The SMILES string of the molecule is OCC12CCC(CO)(CC1)CC2. The van der Waals surface area contributed by atoms with Gasteiger partial charge in [0.05, 0.1) is 0 Å². The highest BCUT2D eigenvalue weighted by Crippen LogP contribution is 2.56. The number of aliphatic hydroxyl groups is 2. The molecule has 0 heterocycles. The highest BCUT2D eigenvalue weighted by Gasteiger charge is 2.47. The van der Waals surface area contributed by atoms with E-state index in [1.165, 1.54) is 0 Å². The number of rotatable bonds is 2. The maximum Gasteiger partial charge on any atom is 0.0487 e. The maximum absolute atomic E-state index is 9.26. The summed E-state index contributed by atoms with van der Waals surface area (Å²) in [6.07, 6.45) is 6.77. The zero-order chi connectivity index (χ0) is 8.66. The molecule has 0 spiro atoms. The molecule has 0 atom stereocenters. The van der Waals surface area contributed by atoms with Crippen LogP contribution in [0.4, 0.5) is 0 Å². The van der Waals surface area contributed by atoms with Crippen molar-refractivity contribution in [3.8, 4) is 0 Å². The monoisotopic (exact) mass is 170 g/mol. The van der Waals surface area contributed by atoms with Crippen molar-refractivity contribution in [2.75, 3.05) is 13.2 Å². The van der Waals surface area contributed by atoms with E-state index in [2.05, 4.69) is 0 Å². The molecule has 0 aromatic heterocycles. The van der Waals surface area contributed by atoms with Gasteiger partial charge in [-0.15, -0.1) is 0 Å². The molecule has 3 aliphatic carbocycles. The molecule has 0 aromatic carbocycles. The van der Waals surface area contributed by atoms with Gasteiger partial charge in [0.2, 0.25) is 0 Å². The fourth-order valence-electron chi connectivity index (χ4n) is 2.82. The van der Waals surface area contributed by atoms with E-state index < -0.39 is 0 Å². The van der Waals surface area contributed by atoms with Gasteiger partial charge < -0.3 is 10.2 Å². The van der Waals surface area contributed by atoms with Gasteiger partial charge in [-0.2, -0.15) is 0 Å². The van der Waals surface area contributed by atoms with Crippen molar-refractivity contribution in [2.45, 2.75) is 38.5 Å². The zero-order valence-corrected chi connectivity index (χ0v) is 7.55. The summed E-state index contributed by atoms with van der Waals surface area (Å²) in [5.74, 6) is 0. The second kappa shape index (κ2) is 2.71. The molecule has 3 fully saturated rings. The van der Waals surface area contributed by atoms with E-state index in [-0.39, 0.29) is 10.8 Å². The van der Waals surface area contributed by atoms with Crippen molar-refractivity contribution < 1.29 is 10.2 Å². The first-order valence-electron chi connectivity index (χ1n) is 4.96. The topological polar surface area (TPSA) is 40.5 Å². The van der Waals surface area contributed by atoms with Crippen LogP contribution in [0.3, 0.4) is 0 Å². The van der Waals surface area contributed by atoms with Crippen molar-refractivity contribution in [2.24, 2.45) is 10.8 Å². The summed E-state index contributed by atoms with van der Waals surface area (Å²) in [5, 5.41) is 18.5. The lowest BCUT2D eigenvalue weighted by Crippen LogP contribution is -2.45. The minimum Gasteiger partial charge on any atom is -0.396 e. The van der Waals surface area contributed by atoms with Crippen LogP contribution in [0.1, 0.15) is 38.5 Å². The molecule has 12 heavy (non-hydrogen) atoms. The molecular formula is C10H18O2. The molecule has 2 nitrogen and oxygen atoms in total. The Morgan fingerprint density at radius 3 is 1.08 bits per heavy atom. The molecule has 0 amide bonds. The smallest absolute Gasteiger partial charge is 0.0487 e. The van der Waals surface area contributed by atoms with Gasteiger partial charge >= 0.3 is 0 Å². The quantitative estimate of drug-likeness (QED) is 0.656. The van der Waals surface area contributed by atoms with Crippen molar-refractivity contribution in [3.05, 3.63) is 0 Å². The predicted molar refractivity (Wildman–Crippen MR) is 46.7 cm³/mol. The van der Waals surface area contributed by atoms with Gasteiger partial charge in [-0.3, -0.25) is 0 Å². The average Bonchev–Trinajstić information content (AvgIpc) is 2.21. The Labute approximate surface area is 73.6 Å². The second-order valence-corrected chi connectivity index (χ2v) is 4.82. The highest BCUT2D eigenvalue weighted by molar-refractivity contribution is 4.98. The summed E-state index contributed by atoms with van der Waals surface area (Å²) in [4.78, 5) is 0. The first kappa shape index (κ1) is 8.52. The summed E-state index contributed by atoms with van der Waals surface area (Å²) in [7, 11) is 0. The van der Waals surface area contributed by atoms with Crippen LogP contribution in [0.2, 0.25) is 0 Å². The molecule has 2 N–H and O–H groups in total. The minimum atomic E-state index is 0.247. The molecule has 3 aliphatic rings. The molecule has 3 rings (SSSR count). The van der Waals surface area contributed by atoms with Gasteiger partial charge in [0.15, 0.2) is 0 Å². The number of hydrogen-bond donors (Lipinski definition) is 2. The first-order valence-corrected chi connectivity index (χ1v) is 4.96. The third kappa shape index (κ3) is 1.09. The van der Waals surface area contributed by atoms with Crippen molar-refractivity contribution >= 4 is 0 Å². The van der Waals surface area contributed by atoms with Crippen LogP contribution in [-0.2, 0) is 0 Å². The molecule has 0 unspecified atom stereocenters. The van der Waals surface area contributed by atoms with Crippen LogP contribution >= 0.6 is 0 Å². The molecule has 0 saturated heterocycles. The standard InChI is InChI=1S/C10H18O2/c11-7-9-1-2-10(8-12,5-3-9)6-4-9/h11-12H,1-8H2. The Bertz CT molecular complexity index is 132. The zero-order valence-electron chi connectivity index (χ0n) is 7.55. The molecule has 3 saturated carbocycles. The Morgan fingerprint density at radius 1 is 0.667 bits per heavy atom. The maximum atomic E-state index is 9.26. The lowest BCUT2D eigenvalue weighted by Gasteiger charge is -2.52. The number of aliphatic hydroxyl groups excluding tert-OH is 2. The first-order chi connectivity index (χ1) is 5.74. The Morgan fingerprint density at radius 2 is 0.917 bits per heavy atom. The molecule has 70 valence electrons. The van der Waals surface area contributed by atoms with Gasteiger partial charge in [-0.1, -0.05) is 0 Å². The van der Waals surface area contributed by atoms with E-state index in [0.717, 1.165) is 38.5 Å². The van der Waals surface area contributed by atoms with Gasteiger partial charge in [-0.05, 0) is 49.4 Å². The Hall–Kier alpha value is -0.0800. The van der Waals surface area contributed by atoms with E-state index in [4.69, 9.17) is 0 Å². The van der Waals surface area contributed by atoms with Crippen LogP contribution in [0.25, 0.3) is 0 Å². The minimum absolute atomic E-state index is 0.247. The Balaban J connectivity index is 2.09. The molecule has 0 aliphatic heterocycles. The van der Waals surface area contributed by atoms with Crippen LogP contribution in [0.15, 0.2) is 0 Å². The molecular weight excluding hydrogens is 152 g/mol. The van der Waals surface area contributed by atoms with Crippen LogP contribution in [0, 0.1) is 10.8 Å². The van der Waals surface area contributed by atoms with E-state index >= 15 is 0 Å². The van der Waals surface area contributed by atoms with E-state index in [0.29, 0.717) is 13.2 Å². The van der Waals surface area contributed by atoms with Crippen LogP contribution < -0.4 is 0 Å². The predicted octanol–water partition coefficient (Wildman–Crippen LogP) is 1.31. The fraction of sp³-hybridized carbons (Fsp3) is 1.00. The van der Waals surface area contributed by atoms with Crippen LogP contribution in [-0.4, -0.2) is 23.4 Å². The van der Waals surface area contributed by atoms with Gasteiger partial charge in [0, 0.05) is 13.2 Å². The number of fused-ring (bicyclic) bond motifs is 3. The van der Waals surface area contributed by atoms with Gasteiger partial charge in [0.25, 0.3) is 0 Å². The lowest BCUT2D eigenvalue weighted by molar-refractivity contribution is -0.0657. The summed E-state index contributed by atoms with van der Waals surface area (Å²) in [6, 6.07) is 0. The average molecular weight is 170 g/mol. The van der Waals surface area contributed by atoms with E-state index in [1.54, 1.807) is 0 Å². The summed E-state index contributed by atoms with van der Waals surface area (Å²) in [6.45, 7) is 0.711. The van der Waals surface area contributed by atoms with Gasteiger partial charge in [-0.25, -0.2) is 0 Å². The van der Waals surface area contributed by atoms with Gasteiger partial charge in [0.1, 0.15) is 0 Å².